The first-order valence-electron chi connectivity index (χ1n) is 12.6. The second-order valence-corrected chi connectivity index (χ2v) is 10.2. The number of aryl methyl sites for hydroxylation is 1. The summed E-state index contributed by atoms with van der Waals surface area (Å²) < 4.78 is 5.41. The Balaban J connectivity index is 1.15. The van der Waals surface area contributed by atoms with E-state index in [1.807, 2.05) is 54.3 Å². The van der Waals surface area contributed by atoms with Crippen LogP contribution in [0, 0.1) is 24.7 Å². The first-order valence-corrected chi connectivity index (χ1v) is 12.6. The average molecular weight is 462 g/mol. The fraction of sp³-hybridized carbons (Fsp3) is 0.500. The van der Waals surface area contributed by atoms with Crippen molar-refractivity contribution in [1.29, 1.82) is 0 Å². The van der Waals surface area contributed by atoms with Gasteiger partial charge in [-0.15, -0.1) is 0 Å². The summed E-state index contributed by atoms with van der Waals surface area (Å²) in [6.07, 6.45) is 1.69. The first kappa shape index (κ1) is 23.1. The van der Waals surface area contributed by atoms with Crippen LogP contribution in [0.2, 0.25) is 0 Å². The molecule has 3 aliphatic heterocycles. The molecule has 2 aromatic carbocycles. The van der Waals surface area contributed by atoms with E-state index in [1.165, 1.54) is 0 Å². The third-order valence-electron chi connectivity index (χ3n) is 7.67. The molecule has 2 amide bonds. The fourth-order valence-corrected chi connectivity index (χ4v) is 5.75. The van der Waals surface area contributed by atoms with Crippen molar-refractivity contribution in [3.8, 4) is 0 Å². The summed E-state index contributed by atoms with van der Waals surface area (Å²) in [6.45, 7) is 7.90. The van der Waals surface area contributed by atoms with Gasteiger partial charge in [0.1, 0.15) is 0 Å². The molecule has 5 rings (SSSR count). The van der Waals surface area contributed by atoms with Gasteiger partial charge in [0, 0.05) is 44.9 Å². The molecule has 6 heteroatoms. The van der Waals surface area contributed by atoms with E-state index in [4.69, 9.17) is 4.74 Å². The Morgan fingerprint density at radius 1 is 1.03 bits per heavy atom. The van der Waals surface area contributed by atoms with Crippen LogP contribution in [0.4, 0.5) is 0 Å². The molecule has 3 fully saturated rings. The predicted octanol–water partition coefficient (Wildman–Crippen LogP) is 3.28. The monoisotopic (exact) mass is 461 g/mol. The molecule has 2 aromatic rings. The third-order valence-corrected chi connectivity index (χ3v) is 7.67. The van der Waals surface area contributed by atoms with E-state index in [2.05, 4.69) is 22.3 Å². The van der Waals surface area contributed by atoms with Crippen molar-refractivity contribution in [1.82, 2.24) is 15.1 Å². The molecule has 3 saturated heterocycles. The molecule has 3 heterocycles. The standard InChI is InChI=1S/C28H35N3O3/c1-20-6-5-9-22(14-20)28(33)31-17-24-15-30(16-25(24)18-31)12-10-26(21-7-3-2-4-8-21)29-27(32)23-11-13-34-19-23/h2-9,14,23-26H,10-13,15-19H2,1H3,(H,29,32)/t23?,24?,25?,26-/m0/s1. The molecule has 0 spiro atoms. The minimum absolute atomic E-state index is 0.00846. The van der Waals surface area contributed by atoms with Gasteiger partial charge in [-0.1, -0.05) is 48.0 Å². The lowest BCUT2D eigenvalue weighted by Crippen LogP contribution is -2.37. The molecule has 0 bridgehead atoms. The van der Waals surface area contributed by atoms with E-state index in [9.17, 15) is 9.59 Å². The summed E-state index contributed by atoms with van der Waals surface area (Å²) in [5.41, 5.74) is 3.08. The van der Waals surface area contributed by atoms with Gasteiger partial charge >= 0.3 is 0 Å². The van der Waals surface area contributed by atoms with E-state index in [0.29, 0.717) is 25.0 Å². The summed E-state index contributed by atoms with van der Waals surface area (Å²) in [6, 6.07) is 18.2. The molecule has 0 aliphatic carbocycles. The maximum atomic E-state index is 13.0. The van der Waals surface area contributed by atoms with Gasteiger partial charge < -0.3 is 19.9 Å². The Hall–Kier alpha value is -2.70. The van der Waals surface area contributed by atoms with Crippen LogP contribution in [0.5, 0.6) is 0 Å². The minimum atomic E-state index is -0.0331. The highest BCUT2D eigenvalue weighted by Gasteiger charge is 2.41. The SMILES string of the molecule is Cc1cccc(C(=O)N2CC3CN(CC[C@H](NC(=O)C4CCOC4)c4ccccc4)CC3C2)c1. The number of nitrogens with zero attached hydrogens (tertiary/aromatic N) is 2. The topological polar surface area (TPSA) is 61.9 Å². The van der Waals surface area contributed by atoms with Crippen molar-refractivity contribution in [2.45, 2.75) is 25.8 Å². The zero-order valence-corrected chi connectivity index (χ0v) is 20.0. The summed E-state index contributed by atoms with van der Waals surface area (Å²) in [4.78, 5) is 30.3. The lowest BCUT2D eigenvalue weighted by molar-refractivity contribution is -0.125. The number of hydrogen-bond donors (Lipinski definition) is 1. The minimum Gasteiger partial charge on any atom is -0.381 e. The number of fused-ring (bicyclic) bond motifs is 1. The normalized spacial score (nSPS) is 25.3. The van der Waals surface area contributed by atoms with Crippen molar-refractivity contribution in [2.24, 2.45) is 17.8 Å². The third kappa shape index (κ3) is 5.18. The highest BCUT2D eigenvalue weighted by Crippen LogP contribution is 2.32. The summed E-state index contributed by atoms with van der Waals surface area (Å²) >= 11 is 0. The lowest BCUT2D eigenvalue weighted by atomic mass is 10.0. The van der Waals surface area contributed by atoms with Crippen LogP contribution < -0.4 is 5.32 Å². The molecule has 0 radical (unpaired) electrons. The molecule has 0 aromatic heterocycles. The maximum Gasteiger partial charge on any atom is 0.253 e. The highest BCUT2D eigenvalue weighted by atomic mass is 16.5. The predicted molar refractivity (Wildman–Crippen MR) is 131 cm³/mol. The van der Waals surface area contributed by atoms with E-state index in [0.717, 1.165) is 62.3 Å². The number of carbonyl (C=O) groups excluding carboxylic acids is 2. The Morgan fingerprint density at radius 2 is 1.79 bits per heavy atom. The number of rotatable bonds is 7. The quantitative estimate of drug-likeness (QED) is 0.688. The molecule has 34 heavy (non-hydrogen) atoms. The smallest absolute Gasteiger partial charge is 0.253 e. The second kappa shape index (κ2) is 10.3. The van der Waals surface area contributed by atoms with E-state index < -0.39 is 0 Å². The number of ether oxygens (including phenoxy) is 1. The zero-order chi connectivity index (χ0) is 23.5. The number of amides is 2. The Kier molecular flexibility index (Phi) is 6.97. The van der Waals surface area contributed by atoms with Crippen LogP contribution in [-0.4, -0.2) is 67.6 Å². The lowest BCUT2D eigenvalue weighted by Gasteiger charge is -2.25. The average Bonchev–Trinajstić information content (AvgIpc) is 3.59. The van der Waals surface area contributed by atoms with Crippen molar-refractivity contribution < 1.29 is 14.3 Å². The summed E-state index contributed by atoms with van der Waals surface area (Å²) in [5, 5.41) is 3.30. The van der Waals surface area contributed by atoms with Gasteiger partial charge in [-0.25, -0.2) is 0 Å². The Morgan fingerprint density at radius 3 is 2.47 bits per heavy atom. The van der Waals surface area contributed by atoms with Gasteiger partial charge in [-0.05, 0) is 49.3 Å². The van der Waals surface area contributed by atoms with E-state index >= 15 is 0 Å². The van der Waals surface area contributed by atoms with Gasteiger partial charge in [0.25, 0.3) is 5.91 Å². The van der Waals surface area contributed by atoms with Crippen LogP contribution in [0.15, 0.2) is 54.6 Å². The second-order valence-electron chi connectivity index (χ2n) is 10.2. The van der Waals surface area contributed by atoms with E-state index in [1.54, 1.807) is 0 Å². The molecule has 3 aliphatic rings. The van der Waals surface area contributed by atoms with Crippen LogP contribution >= 0.6 is 0 Å². The number of carbonyl (C=O) groups is 2. The molecular weight excluding hydrogens is 426 g/mol. The molecule has 4 atom stereocenters. The molecule has 3 unspecified atom stereocenters. The first-order chi connectivity index (χ1) is 16.6. The Labute approximate surface area is 202 Å². The van der Waals surface area contributed by atoms with Crippen molar-refractivity contribution in [2.75, 3.05) is 45.9 Å². The summed E-state index contributed by atoms with van der Waals surface area (Å²) in [5.74, 6) is 1.31. The number of hydrogen-bond acceptors (Lipinski definition) is 4. The van der Waals surface area contributed by atoms with Gasteiger partial charge in [0.05, 0.1) is 18.6 Å². The van der Waals surface area contributed by atoms with Crippen LogP contribution in [-0.2, 0) is 9.53 Å². The van der Waals surface area contributed by atoms with Crippen LogP contribution in [0.1, 0.15) is 40.4 Å². The van der Waals surface area contributed by atoms with Crippen molar-refractivity contribution in [3.05, 3.63) is 71.3 Å². The summed E-state index contributed by atoms with van der Waals surface area (Å²) in [7, 11) is 0. The van der Waals surface area contributed by atoms with Crippen LogP contribution in [0.3, 0.4) is 0 Å². The van der Waals surface area contributed by atoms with Crippen molar-refractivity contribution in [3.63, 3.8) is 0 Å². The Bertz CT molecular complexity index is 991. The van der Waals surface area contributed by atoms with Gasteiger partial charge in [-0.3, -0.25) is 9.59 Å². The van der Waals surface area contributed by atoms with Gasteiger partial charge in [0.15, 0.2) is 0 Å². The number of likely N-dealkylation sites (tertiary alicyclic amines) is 2. The number of benzene rings is 2. The molecule has 1 N–H and O–H groups in total. The highest BCUT2D eigenvalue weighted by molar-refractivity contribution is 5.94. The van der Waals surface area contributed by atoms with E-state index in [-0.39, 0.29) is 23.8 Å². The van der Waals surface area contributed by atoms with Gasteiger partial charge in [-0.2, -0.15) is 0 Å². The number of nitrogens with one attached hydrogen (secondary N) is 1. The molecular formula is C28H35N3O3. The fourth-order valence-electron chi connectivity index (χ4n) is 5.75. The molecule has 6 nitrogen and oxygen atoms in total. The largest absolute Gasteiger partial charge is 0.381 e. The van der Waals surface area contributed by atoms with Gasteiger partial charge in [0.2, 0.25) is 5.91 Å². The van der Waals surface area contributed by atoms with Crippen molar-refractivity contribution >= 4 is 11.8 Å². The zero-order valence-electron chi connectivity index (χ0n) is 20.0. The van der Waals surface area contributed by atoms with Crippen LogP contribution in [0.25, 0.3) is 0 Å². The maximum absolute atomic E-state index is 13.0. The molecule has 0 saturated carbocycles. The molecule has 180 valence electrons.